The maximum absolute atomic E-state index is 9.87. The monoisotopic (exact) mass is 225 g/mol. The number of halogens is 1. The van der Waals surface area contributed by atoms with Crippen LogP contribution in [0.3, 0.4) is 0 Å². The van der Waals surface area contributed by atoms with Crippen LogP contribution in [0, 0.1) is 6.92 Å². The molecule has 0 heterocycles. The van der Waals surface area contributed by atoms with Gasteiger partial charge in [0.25, 0.3) is 0 Å². The van der Waals surface area contributed by atoms with Gasteiger partial charge in [-0.1, -0.05) is 28.1 Å². The Morgan fingerprint density at radius 1 is 1.58 bits per heavy atom. The molecule has 0 amide bonds. The van der Waals surface area contributed by atoms with Crippen LogP contribution in [0.2, 0.25) is 0 Å². The van der Waals surface area contributed by atoms with Crippen LogP contribution < -0.4 is 0 Å². The number of benzene rings is 1. The van der Waals surface area contributed by atoms with Gasteiger partial charge >= 0.3 is 0 Å². The first-order valence-electron chi connectivity index (χ1n) is 3.53. The molecule has 0 aromatic heterocycles. The second-order valence-electron chi connectivity index (χ2n) is 2.43. The number of rotatable bonds is 2. The number of carbonyl (C=O) groups excluding carboxylic acids is 1. The van der Waals surface area contributed by atoms with Crippen LogP contribution in [0.5, 0.6) is 0 Å². The summed E-state index contributed by atoms with van der Waals surface area (Å²) in [6.07, 6.45) is 1.52. The first kappa shape index (κ1) is 9.17. The standard InChI is InChI=1S/C9H8BrNO/c1-7-8(5-11-6-12)3-2-4-9(7)10/h2-4H,5H2,1H3. The summed E-state index contributed by atoms with van der Waals surface area (Å²) in [6.45, 7) is 2.40. The van der Waals surface area contributed by atoms with Gasteiger partial charge in [0.2, 0.25) is 6.08 Å². The molecular weight excluding hydrogens is 218 g/mol. The molecule has 0 saturated carbocycles. The molecule has 0 aliphatic rings. The largest absolute Gasteiger partial charge is 0.235 e. The fourth-order valence-corrected chi connectivity index (χ4v) is 1.35. The summed E-state index contributed by atoms with van der Waals surface area (Å²) in [7, 11) is 0. The minimum absolute atomic E-state index is 0.411. The van der Waals surface area contributed by atoms with Gasteiger partial charge < -0.3 is 0 Å². The van der Waals surface area contributed by atoms with E-state index in [2.05, 4.69) is 20.9 Å². The van der Waals surface area contributed by atoms with Gasteiger partial charge in [0.15, 0.2) is 0 Å². The van der Waals surface area contributed by atoms with Crippen molar-refractivity contribution in [2.75, 3.05) is 0 Å². The summed E-state index contributed by atoms with van der Waals surface area (Å²) < 4.78 is 1.04. The summed E-state index contributed by atoms with van der Waals surface area (Å²) in [5.74, 6) is 0. The maximum atomic E-state index is 9.87. The van der Waals surface area contributed by atoms with E-state index in [1.165, 1.54) is 6.08 Å². The molecule has 0 atom stereocenters. The first-order valence-corrected chi connectivity index (χ1v) is 4.32. The lowest BCUT2D eigenvalue weighted by Gasteiger charge is -2.02. The molecule has 0 aliphatic heterocycles. The number of nitrogens with zero attached hydrogens (tertiary/aromatic N) is 1. The summed E-state index contributed by atoms with van der Waals surface area (Å²) in [4.78, 5) is 13.4. The molecule has 3 heteroatoms. The van der Waals surface area contributed by atoms with E-state index >= 15 is 0 Å². The molecule has 0 fully saturated rings. The highest BCUT2D eigenvalue weighted by atomic mass is 79.9. The fourth-order valence-electron chi connectivity index (χ4n) is 0.941. The third-order valence-electron chi connectivity index (χ3n) is 1.69. The molecule has 0 spiro atoms. The molecule has 1 aromatic rings. The fraction of sp³-hybridized carbons (Fsp3) is 0.222. The van der Waals surface area contributed by atoms with Gasteiger partial charge in [-0.05, 0) is 24.1 Å². The van der Waals surface area contributed by atoms with Crippen LogP contribution in [0.4, 0.5) is 0 Å². The van der Waals surface area contributed by atoms with E-state index in [0.29, 0.717) is 6.54 Å². The average Bonchev–Trinajstić information content (AvgIpc) is 2.08. The number of aliphatic imine (C=N–C) groups is 1. The summed E-state index contributed by atoms with van der Waals surface area (Å²) in [5.41, 5.74) is 2.17. The van der Waals surface area contributed by atoms with Crippen molar-refractivity contribution in [1.29, 1.82) is 0 Å². The van der Waals surface area contributed by atoms with E-state index in [1.54, 1.807) is 0 Å². The molecular formula is C9H8BrNO. The molecule has 0 aliphatic carbocycles. The lowest BCUT2D eigenvalue weighted by molar-refractivity contribution is 0.562. The summed E-state index contributed by atoms with van der Waals surface area (Å²) >= 11 is 3.40. The van der Waals surface area contributed by atoms with E-state index in [9.17, 15) is 4.79 Å². The molecule has 12 heavy (non-hydrogen) atoms. The highest BCUT2D eigenvalue weighted by molar-refractivity contribution is 9.10. The van der Waals surface area contributed by atoms with Crippen LogP contribution in [0.1, 0.15) is 11.1 Å². The first-order chi connectivity index (χ1) is 5.75. The van der Waals surface area contributed by atoms with Crippen LogP contribution in [0.25, 0.3) is 0 Å². The lowest BCUT2D eigenvalue weighted by atomic mass is 10.1. The number of hydrogen-bond donors (Lipinski definition) is 0. The average molecular weight is 226 g/mol. The van der Waals surface area contributed by atoms with Crippen molar-refractivity contribution in [3.63, 3.8) is 0 Å². The third-order valence-corrected chi connectivity index (χ3v) is 2.55. The van der Waals surface area contributed by atoms with E-state index in [0.717, 1.165) is 15.6 Å². The van der Waals surface area contributed by atoms with Crippen molar-refractivity contribution in [1.82, 2.24) is 0 Å². The molecule has 62 valence electrons. The summed E-state index contributed by atoms with van der Waals surface area (Å²) in [5, 5.41) is 0. The predicted octanol–water partition coefficient (Wildman–Crippen LogP) is 2.59. The second kappa shape index (κ2) is 4.19. The Hall–Kier alpha value is -0.920. The molecule has 0 unspecified atom stereocenters. The zero-order valence-electron chi connectivity index (χ0n) is 6.67. The van der Waals surface area contributed by atoms with Gasteiger partial charge in [-0.2, -0.15) is 0 Å². The van der Waals surface area contributed by atoms with Gasteiger partial charge in [-0.3, -0.25) is 0 Å². The highest BCUT2D eigenvalue weighted by Crippen LogP contribution is 2.19. The SMILES string of the molecule is Cc1c(Br)cccc1CN=C=O. The van der Waals surface area contributed by atoms with Crippen molar-refractivity contribution in [2.45, 2.75) is 13.5 Å². The molecule has 1 aromatic carbocycles. The predicted molar refractivity (Wildman–Crippen MR) is 50.7 cm³/mol. The topological polar surface area (TPSA) is 29.4 Å². The van der Waals surface area contributed by atoms with Crippen LogP contribution in [-0.4, -0.2) is 6.08 Å². The zero-order valence-corrected chi connectivity index (χ0v) is 8.26. The van der Waals surface area contributed by atoms with Gasteiger partial charge in [0.1, 0.15) is 0 Å². The maximum Gasteiger partial charge on any atom is 0.235 e. The number of isocyanates is 1. The normalized spacial score (nSPS) is 9.17. The zero-order chi connectivity index (χ0) is 8.97. The second-order valence-corrected chi connectivity index (χ2v) is 3.29. The van der Waals surface area contributed by atoms with Crippen LogP contribution >= 0.6 is 15.9 Å². The smallest absolute Gasteiger partial charge is 0.211 e. The Morgan fingerprint density at radius 2 is 2.33 bits per heavy atom. The molecule has 0 radical (unpaired) electrons. The van der Waals surface area contributed by atoms with Gasteiger partial charge in [0.05, 0.1) is 6.54 Å². The molecule has 2 nitrogen and oxygen atoms in total. The van der Waals surface area contributed by atoms with E-state index in [4.69, 9.17) is 0 Å². The molecule has 0 N–H and O–H groups in total. The van der Waals surface area contributed by atoms with Gasteiger partial charge in [-0.25, -0.2) is 9.79 Å². The van der Waals surface area contributed by atoms with E-state index in [1.807, 2.05) is 25.1 Å². The van der Waals surface area contributed by atoms with Crippen LogP contribution in [-0.2, 0) is 11.3 Å². The highest BCUT2D eigenvalue weighted by Gasteiger charge is 1.99. The Morgan fingerprint density at radius 3 is 3.00 bits per heavy atom. The van der Waals surface area contributed by atoms with Crippen molar-refractivity contribution >= 4 is 22.0 Å². The van der Waals surface area contributed by atoms with Crippen molar-refractivity contribution in [3.05, 3.63) is 33.8 Å². The Balaban J connectivity index is 2.99. The Labute approximate surface area is 79.5 Å². The van der Waals surface area contributed by atoms with E-state index in [-0.39, 0.29) is 0 Å². The Kier molecular flexibility index (Phi) is 3.20. The lowest BCUT2D eigenvalue weighted by Crippen LogP contribution is -1.87. The van der Waals surface area contributed by atoms with Gasteiger partial charge in [0, 0.05) is 4.47 Å². The van der Waals surface area contributed by atoms with Crippen molar-refractivity contribution in [2.24, 2.45) is 4.99 Å². The molecule has 0 bridgehead atoms. The third kappa shape index (κ3) is 2.03. The molecule has 0 saturated heterocycles. The van der Waals surface area contributed by atoms with Crippen LogP contribution in [0.15, 0.2) is 27.7 Å². The van der Waals surface area contributed by atoms with E-state index < -0.39 is 0 Å². The Bertz CT molecular complexity index is 329. The summed E-state index contributed by atoms with van der Waals surface area (Å²) in [6, 6.07) is 5.83. The van der Waals surface area contributed by atoms with Gasteiger partial charge in [-0.15, -0.1) is 0 Å². The van der Waals surface area contributed by atoms with Crippen molar-refractivity contribution in [3.8, 4) is 0 Å². The molecule has 1 rings (SSSR count). The number of hydrogen-bond acceptors (Lipinski definition) is 2. The quantitative estimate of drug-likeness (QED) is 0.562. The minimum atomic E-state index is 0.411. The minimum Gasteiger partial charge on any atom is -0.211 e. The van der Waals surface area contributed by atoms with Crippen molar-refractivity contribution < 1.29 is 4.79 Å².